The van der Waals surface area contributed by atoms with Crippen molar-refractivity contribution in [1.29, 1.82) is 0 Å². The van der Waals surface area contributed by atoms with Crippen LogP contribution in [0.1, 0.15) is 49.9 Å². The molecule has 0 saturated carbocycles. The smallest absolute Gasteiger partial charge is 0.255 e. The van der Waals surface area contributed by atoms with Gasteiger partial charge in [0.05, 0.1) is 5.60 Å². The predicted octanol–water partition coefficient (Wildman–Crippen LogP) is 5.11. The molecule has 6 heteroatoms. The van der Waals surface area contributed by atoms with Crippen LogP contribution in [0, 0.1) is 0 Å². The fourth-order valence-corrected chi connectivity index (χ4v) is 4.79. The Bertz CT molecular complexity index is 892. The Hall–Kier alpha value is -2.08. The first kappa shape index (κ1) is 22.1. The first-order valence-corrected chi connectivity index (χ1v) is 11.6. The summed E-state index contributed by atoms with van der Waals surface area (Å²) in [5, 5.41) is 7.37. The van der Waals surface area contributed by atoms with Gasteiger partial charge in [-0.2, -0.15) is 0 Å². The number of carbonyl (C=O) groups is 1. The van der Waals surface area contributed by atoms with E-state index in [-0.39, 0.29) is 11.5 Å². The van der Waals surface area contributed by atoms with Crippen LogP contribution in [0.15, 0.2) is 48.5 Å². The van der Waals surface area contributed by atoms with E-state index in [9.17, 15) is 4.79 Å². The zero-order valence-corrected chi connectivity index (χ0v) is 19.1. The molecule has 2 aliphatic heterocycles. The molecule has 1 amide bonds. The van der Waals surface area contributed by atoms with Crippen molar-refractivity contribution >= 4 is 28.9 Å². The van der Waals surface area contributed by atoms with Crippen LogP contribution in [-0.2, 0) is 4.74 Å². The van der Waals surface area contributed by atoms with Crippen LogP contribution >= 0.6 is 11.6 Å². The maximum absolute atomic E-state index is 12.4. The number of anilines is 2. The lowest BCUT2D eigenvalue weighted by Gasteiger charge is -2.40. The molecule has 0 unspecified atom stereocenters. The molecular formula is C25H32ClN3O2. The lowest BCUT2D eigenvalue weighted by atomic mass is 9.92. The van der Waals surface area contributed by atoms with Gasteiger partial charge in [-0.3, -0.25) is 4.79 Å². The SMILES string of the molecule is CC1(C)C[C@@H](NC2CCN(c3ccc(NC(=O)c4cccc(Cl)c4)cc3)CC2)CCO1. The number of amides is 1. The van der Waals surface area contributed by atoms with Gasteiger partial charge in [0.2, 0.25) is 0 Å². The Morgan fingerprint density at radius 1 is 1.06 bits per heavy atom. The minimum atomic E-state index is -0.154. The van der Waals surface area contributed by atoms with Crippen molar-refractivity contribution in [2.75, 3.05) is 29.9 Å². The van der Waals surface area contributed by atoms with Crippen molar-refractivity contribution in [3.8, 4) is 0 Å². The van der Waals surface area contributed by atoms with E-state index in [0.717, 1.165) is 51.1 Å². The number of ether oxygens (including phenoxy) is 1. The van der Waals surface area contributed by atoms with Gasteiger partial charge in [0.25, 0.3) is 5.91 Å². The van der Waals surface area contributed by atoms with E-state index in [1.165, 1.54) is 5.69 Å². The molecule has 0 spiro atoms. The molecule has 2 fully saturated rings. The maximum atomic E-state index is 12.4. The first-order valence-electron chi connectivity index (χ1n) is 11.2. The summed E-state index contributed by atoms with van der Waals surface area (Å²) >= 11 is 5.98. The molecule has 5 nitrogen and oxygen atoms in total. The molecule has 2 aromatic carbocycles. The second-order valence-electron chi connectivity index (χ2n) is 9.24. The van der Waals surface area contributed by atoms with E-state index < -0.39 is 0 Å². The molecular weight excluding hydrogens is 410 g/mol. The predicted molar refractivity (Wildman–Crippen MR) is 127 cm³/mol. The molecule has 2 aliphatic rings. The van der Waals surface area contributed by atoms with Crippen LogP contribution < -0.4 is 15.5 Å². The Labute approximate surface area is 190 Å². The van der Waals surface area contributed by atoms with E-state index in [4.69, 9.17) is 16.3 Å². The van der Waals surface area contributed by atoms with Gasteiger partial charge in [-0.1, -0.05) is 17.7 Å². The third-order valence-electron chi connectivity index (χ3n) is 6.24. The monoisotopic (exact) mass is 441 g/mol. The van der Waals surface area contributed by atoms with Crippen molar-refractivity contribution in [3.63, 3.8) is 0 Å². The lowest BCUT2D eigenvalue weighted by molar-refractivity contribution is -0.0644. The van der Waals surface area contributed by atoms with E-state index in [1.54, 1.807) is 24.3 Å². The minimum absolute atomic E-state index is 0.0133. The van der Waals surface area contributed by atoms with Gasteiger partial charge in [0.1, 0.15) is 0 Å². The van der Waals surface area contributed by atoms with Gasteiger partial charge in [-0.15, -0.1) is 0 Å². The van der Waals surface area contributed by atoms with Crippen LogP contribution in [0.25, 0.3) is 0 Å². The van der Waals surface area contributed by atoms with Gasteiger partial charge in [0, 0.05) is 53.7 Å². The van der Waals surface area contributed by atoms with E-state index in [1.807, 2.05) is 12.1 Å². The zero-order chi connectivity index (χ0) is 21.8. The quantitative estimate of drug-likeness (QED) is 0.677. The van der Waals surface area contributed by atoms with Crippen molar-refractivity contribution < 1.29 is 9.53 Å². The zero-order valence-electron chi connectivity index (χ0n) is 18.4. The largest absolute Gasteiger partial charge is 0.375 e. The highest BCUT2D eigenvalue weighted by Gasteiger charge is 2.30. The molecule has 0 aromatic heterocycles. The lowest BCUT2D eigenvalue weighted by Crippen LogP contribution is -2.50. The molecule has 166 valence electrons. The van der Waals surface area contributed by atoms with E-state index in [0.29, 0.717) is 22.7 Å². The highest BCUT2D eigenvalue weighted by atomic mass is 35.5. The van der Waals surface area contributed by atoms with Gasteiger partial charge in [0.15, 0.2) is 0 Å². The van der Waals surface area contributed by atoms with E-state index in [2.05, 4.69) is 41.5 Å². The number of carbonyl (C=O) groups excluding carboxylic acids is 1. The average Bonchev–Trinajstić information content (AvgIpc) is 2.74. The number of nitrogens with zero attached hydrogens (tertiary/aromatic N) is 1. The topological polar surface area (TPSA) is 53.6 Å². The number of hydrogen-bond donors (Lipinski definition) is 2. The van der Waals surface area contributed by atoms with Crippen molar-refractivity contribution in [2.45, 2.75) is 57.2 Å². The van der Waals surface area contributed by atoms with Gasteiger partial charge >= 0.3 is 0 Å². The number of rotatable bonds is 5. The molecule has 31 heavy (non-hydrogen) atoms. The number of hydrogen-bond acceptors (Lipinski definition) is 4. The summed E-state index contributed by atoms with van der Waals surface area (Å²) < 4.78 is 5.84. The third-order valence-corrected chi connectivity index (χ3v) is 6.48. The number of nitrogens with one attached hydrogen (secondary N) is 2. The summed E-state index contributed by atoms with van der Waals surface area (Å²) in [4.78, 5) is 14.8. The second kappa shape index (κ2) is 9.60. The van der Waals surface area contributed by atoms with Gasteiger partial charge in [-0.05, 0) is 82.0 Å². The summed E-state index contributed by atoms with van der Waals surface area (Å²) in [6, 6.07) is 16.2. The standard InChI is InChI=1S/C25H32ClN3O2/c1-25(2)17-22(12-15-31-25)27-21-10-13-29(14-11-21)23-8-6-20(7-9-23)28-24(30)18-4-3-5-19(26)16-18/h3-9,16,21-22,27H,10-15,17H2,1-2H3,(H,28,30)/t22-/m0/s1. The number of benzene rings is 2. The Balaban J connectivity index is 1.27. The molecule has 1 atom stereocenters. The summed E-state index contributed by atoms with van der Waals surface area (Å²) in [5.41, 5.74) is 2.53. The second-order valence-corrected chi connectivity index (χ2v) is 9.67. The molecule has 2 saturated heterocycles. The minimum Gasteiger partial charge on any atom is -0.375 e. The number of halogens is 1. The van der Waals surface area contributed by atoms with Crippen molar-refractivity contribution in [2.24, 2.45) is 0 Å². The fraction of sp³-hybridized carbons (Fsp3) is 0.480. The summed E-state index contributed by atoms with van der Waals surface area (Å²) in [6.07, 6.45) is 4.47. The molecule has 0 radical (unpaired) electrons. The Morgan fingerprint density at radius 3 is 2.48 bits per heavy atom. The van der Waals surface area contributed by atoms with Crippen LogP contribution in [-0.4, -0.2) is 43.3 Å². The molecule has 2 heterocycles. The van der Waals surface area contributed by atoms with Crippen LogP contribution in [0.2, 0.25) is 5.02 Å². The van der Waals surface area contributed by atoms with Crippen LogP contribution in [0.5, 0.6) is 0 Å². The molecule has 0 aliphatic carbocycles. The van der Waals surface area contributed by atoms with Gasteiger partial charge in [-0.25, -0.2) is 0 Å². The normalized spacial score (nSPS) is 21.6. The maximum Gasteiger partial charge on any atom is 0.255 e. The average molecular weight is 442 g/mol. The molecule has 2 N–H and O–H groups in total. The van der Waals surface area contributed by atoms with Crippen molar-refractivity contribution in [3.05, 3.63) is 59.1 Å². The third kappa shape index (κ3) is 6.00. The Morgan fingerprint density at radius 2 is 1.81 bits per heavy atom. The van der Waals surface area contributed by atoms with Crippen LogP contribution in [0.4, 0.5) is 11.4 Å². The van der Waals surface area contributed by atoms with Crippen molar-refractivity contribution in [1.82, 2.24) is 5.32 Å². The molecule has 4 rings (SSSR count). The molecule has 0 bridgehead atoms. The Kier molecular flexibility index (Phi) is 6.85. The van der Waals surface area contributed by atoms with Crippen LogP contribution in [0.3, 0.4) is 0 Å². The number of piperidine rings is 1. The van der Waals surface area contributed by atoms with Gasteiger partial charge < -0.3 is 20.3 Å². The fourth-order valence-electron chi connectivity index (χ4n) is 4.60. The van der Waals surface area contributed by atoms with E-state index >= 15 is 0 Å². The summed E-state index contributed by atoms with van der Waals surface area (Å²) in [5.74, 6) is -0.154. The highest BCUT2D eigenvalue weighted by molar-refractivity contribution is 6.31. The summed E-state index contributed by atoms with van der Waals surface area (Å²) in [6.45, 7) is 7.30. The highest BCUT2D eigenvalue weighted by Crippen LogP contribution is 2.27. The summed E-state index contributed by atoms with van der Waals surface area (Å²) in [7, 11) is 0. The first-order chi connectivity index (χ1) is 14.9. The molecule has 2 aromatic rings.